The number of ether oxygens (including phenoxy) is 2. The molecule has 0 saturated heterocycles. The second kappa shape index (κ2) is 9.64. The molecule has 7 heteroatoms. The predicted molar refractivity (Wildman–Crippen MR) is 119 cm³/mol. The number of ketones is 1. The topological polar surface area (TPSA) is 83.1 Å². The van der Waals surface area contributed by atoms with Gasteiger partial charge < -0.3 is 9.47 Å². The summed E-state index contributed by atoms with van der Waals surface area (Å²) in [5.41, 5.74) is 0.366. The van der Waals surface area contributed by atoms with Crippen LogP contribution in [0.3, 0.4) is 0 Å². The van der Waals surface area contributed by atoms with Crippen LogP contribution in [0.5, 0.6) is 23.0 Å². The van der Waals surface area contributed by atoms with E-state index < -0.39 is 11.6 Å². The number of carbonyl (C=O) groups is 1. The molecule has 0 heterocycles. The Kier molecular flexibility index (Phi) is 6.29. The van der Waals surface area contributed by atoms with Gasteiger partial charge in [0, 0.05) is 11.1 Å². The van der Waals surface area contributed by atoms with Gasteiger partial charge >= 0.3 is 0 Å². The molecule has 0 fully saturated rings. The first-order valence-electron chi connectivity index (χ1n) is 9.98. The minimum Gasteiger partial charge on any atom is -0.456 e. The van der Waals surface area contributed by atoms with Crippen LogP contribution in [-0.4, -0.2) is 5.78 Å². The van der Waals surface area contributed by atoms with E-state index in [1.54, 1.807) is 60.7 Å². The van der Waals surface area contributed by atoms with Crippen LogP contribution in [0.25, 0.3) is 0 Å². The van der Waals surface area contributed by atoms with Crippen LogP contribution >= 0.6 is 0 Å². The molecule has 0 aliphatic heterocycles. The zero-order valence-corrected chi connectivity index (χ0v) is 17.5. The van der Waals surface area contributed by atoms with Crippen molar-refractivity contribution in [1.29, 1.82) is 10.5 Å². The molecule has 4 rings (SSSR count). The van der Waals surface area contributed by atoms with E-state index in [0.29, 0.717) is 22.6 Å². The van der Waals surface area contributed by atoms with Crippen molar-refractivity contribution in [2.45, 2.75) is 0 Å². The summed E-state index contributed by atoms with van der Waals surface area (Å²) < 4.78 is 38.6. The summed E-state index contributed by atoms with van der Waals surface area (Å²) >= 11 is 0. The summed E-state index contributed by atoms with van der Waals surface area (Å²) in [6, 6.07) is 24.1. The third-order valence-electron chi connectivity index (χ3n) is 4.86. The lowest BCUT2D eigenvalue weighted by molar-refractivity contribution is 0.103. The Morgan fingerprint density at radius 1 is 0.618 bits per heavy atom. The molecule has 0 aliphatic carbocycles. The van der Waals surface area contributed by atoms with Gasteiger partial charge in [-0.25, -0.2) is 8.78 Å². The molecule has 4 aromatic rings. The van der Waals surface area contributed by atoms with Gasteiger partial charge in [0.2, 0.25) is 0 Å². The van der Waals surface area contributed by atoms with Crippen molar-refractivity contribution in [3.8, 4) is 35.1 Å². The molecule has 0 N–H and O–H groups in total. The zero-order chi connectivity index (χ0) is 24.1. The largest absolute Gasteiger partial charge is 0.456 e. The van der Waals surface area contributed by atoms with Crippen molar-refractivity contribution >= 4 is 5.78 Å². The van der Waals surface area contributed by atoms with E-state index in [1.165, 1.54) is 36.4 Å². The van der Waals surface area contributed by atoms with Crippen molar-refractivity contribution in [3.63, 3.8) is 0 Å². The molecule has 5 nitrogen and oxygen atoms in total. The number of hydrogen-bond acceptors (Lipinski definition) is 5. The fourth-order valence-corrected chi connectivity index (χ4v) is 3.17. The number of benzene rings is 4. The van der Waals surface area contributed by atoms with E-state index in [4.69, 9.17) is 20.0 Å². The van der Waals surface area contributed by atoms with E-state index >= 15 is 0 Å². The van der Waals surface area contributed by atoms with E-state index in [1.807, 2.05) is 0 Å². The maximum Gasteiger partial charge on any atom is 0.193 e. The minimum absolute atomic E-state index is 0.0787. The quantitative estimate of drug-likeness (QED) is 0.311. The average Bonchev–Trinajstić information content (AvgIpc) is 2.85. The highest BCUT2D eigenvalue weighted by molar-refractivity contribution is 6.09. The van der Waals surface area contributed by atoms with Gasteiger partial charge in [0.1, 0.15) is 57.9 Å². The Hall–Kier alpha value is -5.01. The molecule has 4 aromatic carbocycles. The molecule has 34 heavy (non-hydrogen) atoms. The van der Waals surface area contributed by atoms with Gasteiger partial charge in [-0.3, -0.25) is 4.79 Å². The van der Waals surface area contributed by atoms with E-state index in [0.717, 1.165) is 0 Å². The molecule has 0 aromatic heterocycles. The second-order valence-corrected chi connectivity index (χ2v) is 7.03. The Balaban J connectivity index is 1.48. The van der Waals surface area contributed by atoms with Crippen LogP contribution in [0.15, 0.2) is 84.9 Å². The van der Waals surface area contributed by atoms with E-state index in [9.17, 15) is 13.6 Å². The molecule has 0 atom stereocenters. The monoisotopic (exact) mass is 452 g/mol. The first kappa shape index (κ1) is 22.2. The summed E-state index contributed by atoms with van der Waals surface area (Å²) in [6.45, 7) is 0. The molecule has 0 unspecified atom stereocenters. The van der Waals surface area contributed by atoms with Gasteiger partial charge in [-0.15, -0.1) is 0 Å². The molecule has 0 bridgehead atoms. The fraction of sp³-hybridized carbons (Fsp3) is 0. The Labute approximate surface area is 193 Å². The summed E-state index contributed by atoms with van der Waals surface area (Å²) in [5.74, 6) is -0.785. The minimum atomic E-state index is -0.680. The third kappa shape index (κ3) is 4.59. The Morgan fingerprint density at radius 2 is 1.00 bits per heavy atom. The lowest BCUT2D eigenvalue weighted by atomic mass is 10.0. The standard InChI is InChI=1S/C27H14F2N2O3/c28-23-3-1-5-25(21(23)15-30)33-19-11-7-17(8-12-19)27(32)18-9-13-20(14-10-18)34-26-6-2-4-24(29)22(26)16-31/h1-14H. The second-order valence-electron chi connectivity index (χ2n) is 7.03. The zero-order valence-electron chi connectivity index (χ0n) is 17.5. The van der Waals surface area contributed by atoms with Crippen molar-refractivity contribution < 1.29 is 23.0 Å². The fourth-order valence-electron chi connectivity index (χ4n) is 3.17. The van der Waals surface area contributed by atoms with E-state index in [-0.39, 0.29) is 28.4 Å². The van der Waals surface area contributed by atoms with Crippen LogP contribution < -0.4 is 9.47 Å². The van der Waals surface area contributed by atoms with Gasteiger partial charge in [-0.05, 0) is 72.8 Å². The number of rotatable bonds is 6. The summed E-state index contributed by atoms with van der Waals surface area (Å²) in [6.07, 6.45) is 0. The van der Waals surface area contributed by atoms with E-state index in [2.05, 4.69) is 0 Å². The van der Waals surface area contributed by atoms with Gasteiger partial charge in [-0.1, -0.05) is 12.1 Å². The SMILES string of the molecule is N#Cc1c(F)cccc1Oc1ccc(C(=O)c2ccc(Oc3cccc(F)c3C#N)cc2)cc1. The van der Waals surface area contributed by atoms with Crippen LogP contribution in [0.4, 0.5) is 8.78 Å². The number of halogens is 2. The maximum atomic E-state index is 13.7. The van der Waals surface area contributed by atoms with Crippen molar-refractivity contribution in [2.75, 3.05) is 0 Å². The molecular weight excluding hydrogens is 438 g/mol. The smallest absolute Gasteiger partial charge is 0.193 e. The van der Waals surface area contributed by atoms with Gasteiger partial charge in [-0.2, -0.15) is 10.5 Å². The van der Waals surface area contributed by atoms with Crippen LogP contribution in [-0.2, 0) is 0 Å². The normalized spacial score (nSPS) is 10.1. The highest BCUT2D eigenvalue weighted by Crippen LogP contribution is 2.29. The van der Waals surface area contributed by atoms with Crippen molar-refractivity contribution in [3.05, 3.63) is 119 Å². The average molecular weight is 452 g/mol. The molecule has 0 radical (unpaired) electrons. The van der Waals surface area contributed by atoms with Crippen LogP contribution in [0.1, 0.15) is 27.0 Å². The number of nitrogens with zero attached hydrogens (tertiary/aromatic N) is 2. The van der Waals surface area contributed by atoms with Gasteiger partial charge in [0.05, 0.1) is 0 Å². The first-order chi connectivity index (χ1) is 16.5. The molecule has 0 saturated carbocycles. The third-order valence-corrected chi connectivity index (χ3v) is 4.86. The predicted octanol–water partition coefficient (Wildman–Crippen LogP) is 6.52. The molecule has 0 spiro atoms. The highest BCUT2D eigenvalue weighted by atomic mass is 19.1. The molecule has 0 aliphatic rings. The summed E-state index contributed by atoms with van der Waals surface area (Å²) in [7, 11) is 0. The number of hydrogen-bond donors (Lipinski definition) is 0. The lowest BCUT2D eigenvalue weighted by Gasteiger charge is -2.09. The Bertz CT molecular complexity index is 1340. The van der Waals surface area contributed by atoms with Crippen LogP contribution in [0.2, 0.25) is 0 Å². The summed E-state index contributed by atoms with van der Waals surface area (Å²) in [4.78, 5) is 12.8. The first-order valence-corrected chi connectivity index (χ1v) is 9.98. The van der Waals surface area contributed by atoms with Crippen molar-refractivity contribution in [1.82, 2.24) is 0 Å². The van der Waals surface area contributed by atoms with Gasteiger partial charge in [0.15, 0.2) is 5.78 Å². The number of carbonyl (C=O) groups excluding carboxylic acids is 1. The maximum absolute atomic E-state index is 13.7. The summed E-state index contributed by atoms with van der Waals surface area (Å²) in [5, 5.41) is 18.2. The molecule has 0 amide bonds. The van der Waals surface area contributed by atoms with Gasteiger partial charge in [0.25, 0.3) is 0 Å². The van der Waals surface area contributed by atoms with Crippen molar-refractivity contribution in [2.24, 2.45) is 0 Å². The number of nitriles is 2. The highest BCUT2D eigenvalue weighted by Gasteiger charge is 2.13. The molecule has 164 valence electrons. The molecular formula is C27H14F2N2O3. The van der Waals surface area contributed by atoms with Crippen LogP contribution in [0, 0.1) is 34.3 Å². The Morgan fingerprint density at radius 3 is 1.35 bits per heavy atom. The lowest BCUT2D eigenvalue weighted by Crippen LogP contribution is -2.01.